The Morgan fingerprint density at radius 1 is 0.361 bits per heavy atom. The summed E-state index contributed by atoms with van der Waals surface area (Å²) in [6.07, 6.45) is 18.7. The molecule has 17 nitrogen and oxygen atoms in total. The number of aromatic nitrogens is 12. The summed E-state index contributed by atoms with van der Waals surface area (Å²) in [7, 11) is 1.69. The molecule has 21 heteroatoms. The first kappa shape index (κ1) is 79.0. The van der Waals surface area contributed by atoms with Crippen LogP contribution in [0.3, 0.4) is 0 Å². The van der Waals surface area contributed by atoms with Crippen LogP contribution >= 0.6 is 64.8 Å². The quantitative estimate of drug-likeness (QED) is 0.134. The SMILES string of the molecule is Br.Brc1ccc2c3ccccc3n(-c3ccccn3)c2c1.Brc1ccccc1Br.CC(=O)O.COc1ccc2c3ccccc3n3ccnc3c2c1.Cc1cccc(-c2ncc[nH]2)c1.Oc1ccc2c3ccccc3n3ccnc3c2c1.c1ccc(-n2c3ccccc3c3ccc(Oc4ccc5c6ccccc6n6ccnc6c5c4)cc32)nc1. The number of benzene rings is 12. The Labute approximate surface area is 717 Å². The second-order valence-corrected chi connectivity index (χ2v) is 30.2. The number of H-pyrrole nitrogens is 1. The number of aromatic amines is 1. The lowest BCUT2D eigenvalue weighted by molar-refractivity contribution is -0.134. The van der Waals surface area contributed by atoms with Gasteiger partial charge in [0.25, 0.3) is 5.97 Å². The molecule has 23 aromatic rings. The van der Waals surface area contributed by atoms with Gasteiger partial charge in [-0.2, -0.15) is 0 Å². The number of carboxylic acids is 1. The highest BCUT2D eigenvalue weighted by Gasteiger charge is 2.18. The minimum atomic E-state index is -0.833. The van der Waals surface area contributed by atoms with Crippen LogP contribution in [0.25, 0.3) is 149 Å². The van der Waals surface area contributed by atoms with Gasteiger partial charge in [-0.05, 0) is 207 Å². The van der Waals surface area contributed by atoms with Gasteiger partial charge in [0.1, 0.15) is 57.4 Å². The molecule has 0 radical (unpaired) electrons. The normalized spacial score (nSPS) is 11.0. The topological polar surface area (TPSA) is 192 Å². The Morgan fingerprint density at radius 3 is 1.21 bits per heavy atom. The van der Waals surface area contributed by atoms with Crippen molar-refractivity contribution in [2.24, 2.45) is 0 Å². The van der Waals surface area contributed by atoms with Crippen molar-refractivity contribution in [3.05, 3.63) is 378 Å². The highest BCUT2D eigenvalue weighted by molar-refractivity contribution is 9.13. The number of imidazole rings is 4. The summed E-state index contributed by atoms with van der Waals surface area (Å²) in [5.74, 6) is 4.58. The van der Waals surface area contributed by atoms with E-state index in [-0.39, 0.29) is 22.7 Å². The molecule has 11 aromatic heterocycles. The van der Waals surface area contributed by atoms with E-state index in [9.17, 15) is 5.11 Å². The molecule has 0 spiro atoms. The first-order valence-electron chi connectivity index (χ1n) is 37.8. The first-order valence-corrected chi connectivity index (χ1v) is 40.1. The Bertz CT molecular complexity index is 7600. The summed E-state index contributed by atoms with van der Waals surface area (Å²) < 4.78 is 25.7. The van der Waals surface area contributed by atoms with Gasteiger partial charge < -0.3 is 24.7 Å². The number of phenolic OH excluding ortho intramolecular Hbond substituents is 1. The van der Waals surface area contributed by atoms with Crippen LogP contribution in [0.4, 0.5) is 0 Å². The molecule has 23 rings (SSSR count). The maximum Gasteiger partial charge on any atom is 0.300 e. The maximum atomic E-state index is 9.66. The molecular formula is C98H72Br4N12O5. The van der Waals surface area contributed by atoms with Gasteiger partial charge in [0.15, 0.2) is 0 Å². The molecule has 0 atom stereocenters. The number of rotatable bonds is 6. The third-order valence-electron chi connectivity index (χ3n) is 20.1. The van der Waals surface area contributed by atoms with Crippen molar-refractivity contribution in [2.45, 2.75) is 13.8 Å². The Hall–Kier alpha value is -13.8. The zero-order valence-corrected chi connectivity index (χ0v) is 70.6. The van der Waals surface area contributed by atoms with E-state index in [0.29, 0.717) is 0 Å². The standard InChI is InChI=1S/C32H20N4O.C17H11BrN2.C16H12N2O.C15H10N2O.C10H10N2.C6H4Br2.C2H4O2.BrH/c1-3-9-28-24(7-1)23-14-12-21(19-27(23)32-34-17-18-35(28)32)37-22-13-15-26-25-8-2-4-10-29(25)36(30(26)20-22)31-11-5-6-16-33-31;18-12-8-9-14-13-5-1-2-6-15(13)20(16(14)11-12)17-7-3-4-10-19-17;1-19-11-6-7-12-13-4-2-3-5-15(13)18-9-8-17-16(18)14(12)10-11;18-10-5-6-11-12-3-1-2-4-14(12)17-8-7-16-15(17)13(11)9-10;1-8-3-2-4-9(7-8)10-11-5-6-12-10;7-5-3-1-2-4-6(5)8;1-2(3)4;/h1-20H;1-11H;2-10H,1H3;1-9,18H;2-7H,1H3,(H,11,12);1-4H;1H3,(H,3,4);1H. The fraction of sp³-hybridized carbons (Fsp3) is 0.0306. The summed E-state index contributed by atoms with van der Waals surface area (Å²) in [5, 5.41) is 32.1. The summed E-state index contributed by atoms with van der Waals surface area (Å²) in [5.41, 5.74) is 13.1. The number of pyridine rings is 5. The van der Waals surface area contributed by atoms with Crippen molar-refractivity contribution in [1.29, 1.82) is 0 Å². The number of phenols is 1. The third-order valence-corrected chi connectivity index (χ3v) is 22.5. The van der Waals surface area contributed by atoms with Gasteiger partial charge in [-0.1, -0.05) is 161 Å². The third kappa shape index (κ3) is 16.3. The lowest BCUT2D eigenvalue weighted by Gasteiger charge is -2.11. The van der Waals surface area contributed by atoms with Gasteiger partial charge in [-0.15, -0.1) is 17.0 Å². The number of aryl methyl sites for hydroxylation is 1. The van der Waals surface area contributed by atoms with E-state index in [4.69, 9.17) is 19.4 Å². The molecule has 0 unspecified atom stereocenters. The molecule has 12 aromatic carbocycles. The van der Waals surface area contributed by atoms with Crippen molar-refractivity contribution in [3.63, 3.8) is 0 Å². The molecule has 0 aliphatic heterocycles. The predicted octanol–water partition coefficient (Wildman–Crippen LogP) is 26.1. The molecular weight excluding hydrogens is 1740 g/mol. The lowest BCUT2D eigenvalue weighted by atomic mass is 10.1. The summed E-state index contributed by atoms with van der Waals surface area (Å²) in [6, 6.07) is 101. The minimum absolute atomic E-state index is 0. The number of nitrogens with one attached hydrogen (secondary N) is 1. The van der Waals surface area contributed by atoms with Gasteiger partial charge in [0, 0.05) is 148 Å². The average molecular weight is 1820 g/mol. The number of carboxylic acid groups (broad SMARTS) is 1. The zero-order valence-electron chi connectivity index (χ0n) is 64.1. The Balaban J connectivity index is 0.000000112. The van der Waals surface area contributed by atoms with E-state index in [2.05, 4.69) is 282 Å². The van der Waals surface area contributed by atoms with Gasteiger partial charge in [0.05, 0.1) is 45.7 Å². The largest absolute Gasteiger partial charge is 0.508 e. The van der Waals surface area contributed by atoms with Crippen LogP contribution in [-0.2, 0) is 4.79 Å². The summed E-state index contributed by atoms with van der Waals surface area (Å²) in [4.78, 5) is 38.9. The van der Waals surface area contributed by atoms with E-state index in [1.165, 1.54) is 54.4 Å². The highest BCUT2D eigenvalue weighted by Crippen LogP contribution is 2.40. The number of methoxy groups -OCH3 is 1. The van der Waals surface area contributed by atoms with Gasteiger partial charge in [0.2, 0.25) is 0 Å². The molecule has 0 saturated carbocycles. The molecule has 119 heavy (non-hydrogen) atoms. The van der Waals surface area contributed by atoms with E-state index in [1.807, 2.05) is 165 Å². The number of nitrogens with zero attached hydrogens (tertiary/aromatic N) is 11. The number of hydrogen-bond donors (Lipinski definition) is 3. The molecule has 0 aliphatic carbocycles. The predicted molar refractivity (Wildman–Crippen MR) is 498 cm³/mol. The number of carbonyl (C=O) groups is 1. The lowest BCUT2D eigenvalue weighted by Crippen LogP contribution is -1.96. The van der Waals surface area contributed by atoms with Crippen LogP contribution in [0.15, 0.2) is 373 Å². The van der Waals surface area contributed by atoms with Crippen molar-refractivity contribution in [2.75, 3.05) is 7.11 Å². The van der Waals surface area contributed by atoms with Crippen LogP contribution in [-0.4, -0.2) is 80.5 Å². The summed E-state index contributed by atoms with van der Waals surface area (Å²) in [6.45, 7) is 3.16. The molecule has 0 bridgehead atoms. The number of halogens is 4. The number of aliphatic carboxylic acids is 1. The fourth-order valence-electron chi connectivity index (χ4n) is 15.1. The van der Waals surface area contributed by atoms with Crippen LogP contribution in [0.2, 0.25) is 0 Å². The fourth-order valence-corrected chi connectivity index (χ4v) is 16.0. The molecule has 0 aliphatic rings. The number of aromatic hydroxyl groups is 1. The smallest absolute Gasteiger partial charge is 0.300 e. The van der Waals surface area contributed by atoms with Crippen molar-refractivity contribution in [3.8, 4) is 46.0 Å². The van der Waals surface area contributed by atoms with Gasteiger partial charge in [-0.25, -0.2) is 29.9 Å². The number of ether oxygens (including phenoxy) is 2. The van der Waals surface area contributed by atoms with Gasteiger partial charge in [-0.3, -0.25) is 27.1 Å². The molecule has 11 heterocycles. The molecule has 582 valence electrons. The highest BCUT2D eigenvalue weighted by atomic mass is 79.9. The molecule has 0 fully saturated rings. The van der Waals surface area contributed by atoms with E-state index in [1.54, 1.807) is 31.6 Å². The number of para-hydroxylation sites is 5. The Morgan fingerprint density at radius 2 is 0.756 bits per heavy atom. The summed E-state index contributed by atoms with van der Waals surface area (Å²) >= 11 is 10.3. The van der Waals surface area contributed by atoms with E-state index < -0.39 is 5.97 Å². The number of hydrogen-bond acceptors (Lipinski definition) is 10. The molecule has 3 N–H and O–H groups in total. The van der Waals surface area contributed by atoms with Crippen LogP contribution in [0.1, 0.15) is 12.5 Å². The van der Waals surface area contributed by atoms with Crippen LogP contribution < -0.4 is 9.47 Å². The van der Waals surface area contributed by atoms with Crippen molar-refractivity contribution in [1.82, 2.24) is 57.2 Å². The first-order chi connectivity index (χ1) is 57.8. The zero-order chi connectivity index (χ0) is 80.8. The second-order valence-electron chi connectivity index (χ2n) is 27.5. The van der Waals surface area contributed by atoms with Crippen molar-refractivity contribution >= 4 is 196 Å². The van der Waals surface area contributed by atoms with Crippen LogP contribution in [0, 0.1) is 6.92 Å². The monoisotopic (exact) mass is 1810 g/mol. The number of fused-ring (bicyclic) bond motifs is 24. The minimum Gasteiger partial charge on any atom is -0.508 e. The van der Waals surface area contributed by atoms with E-state index >= 15 is 0 Å². The van der Waals surface area contributed by atoms with E-state index in [0.717, 1.165) is 137 Å². The van der Waals surface area contributed by atoms with Crippen LogP contribution in [0.5, 0.6) is 23.0 Å². The maximum absolute atomic E-state index is 9.66. The molecule has 0 amide bonds. The van der Waals surface area contributed by atoms with Gasteiger partial charge >= 0.3 is 0 Å². The Kier molecular flexibility index (Phi) is 23.5. The second kappa shape index (κ2) is 35.3. The molecule has 0 saturated heterocycles. The average Bonchev–Trinajstić information content (AvgIpc) is 1.71. The van der Waals surface area contributed by atoms with Crippen molar-refractivity contribution < 1.29 is 24.5 Å².